The fourth-order valence-corrected chi connectivity index (χ4v) is 3.09. The molecular weight excluding hydrogens is 344 g/mol. The predicted octanol–water partition coefficient (Wildman–Crippen LogP) is 2.06. The molecule has 8 heteroatoms. The van der Waals surface area contributed by atoms with Gasteiger partial charge in [0, 0.05) is 12.5 Å². The number of nitrogens with one attached hydrogen (secondary N) is 1. The van der Waals surface area contributed by atoms with Gasteiger partial charge in [0.1, 0.15) is 5.82 Å². The Kier molecular flexibility index (Phi) is 5.57. The topological polar surface area (TPSA) is 122 Å². The second-order valence-electron chi connectivity index (χ2n) is 6.94. The molecule has 0 saturated carbocycles. The molecule has 2 aromatic heterocycles. The molecule has 2 heterocycles. The lowest BCUT2D eigenvalue weighted by Gasteiger charge is -2.18. The standard InChI is InChI=1S/C19H26N6O2/c1-11(2)25-18-16(24-19(25)20)17(22-15(23-18)9-12(3)27)21-14(10-26)13-7-5-4-6-8-13/h4-8,11-12,14,26-27H,9-10H2,1-3H3,(H2,20,24)(H,21,22,23)/t12-,14+/m0/s1. The smallest absolute Gasteiger partial charge is 0.202 e. The summed E-state index contributed by atoms with van der Waals surface area (Å²) in [6.07, 6.45) is -0.269. The summed E-state index contributed by atoms with van der Waals surface area (Å²) >= 11 is 0. The van der Waals surface area contributed by atoms with Crippen molar-refractivity contribution in [3.63, 3.8) is 0 Å². The maximum atomic E-state index is 9.88. The molecule has 0 aliphatic heterocycles. The molecule has 27 heavy (non-hydrogen) atoms. The van der Waals surface area contributed by atoms with Crippen LogP contribution < -0.4 is 11.1 Å². The first-order chi connectivity index (χ1) is 12.9. The largest absolute Gasteiger partial charge is 0.394 e. The van der Waals surface area contributed by atoms with Crippen LogP contribution in [0.4, 0.5) is 11.8 Å². The van der Waals surface area contributed by atoms with E-state index < -0.39 is 6.10 Å². The van der Waals surface area contributed by atoms with Gasteiger partial charge in [-0.2, -0.15) is 0 Å². The van der Waals surface area contributed by atoms with Crippen LogP contribution in [-0.4, -0.2) is 42.4 Å². The van der Waals surface area contributed by atoms with Crippen LogP contribution in [0.5, 0.6) is 0 Å². The minimum Gasteiger partial charge on any atom is -0.394 e. The minimum absolute atomic E-state index is 0.0694. The van der Waals surface area contributed by atoms with Crippen molar-refractivity contribution in [3.05, 3.63) is 41.7 Å². The summed E-state index contributed by atoms with van der Waals surface area (Å²) < 4.78 is 1.84. The van der Waals surface area contributed by atoms with Crippen molar-refractivity contribution in [2.75, 3.05) is 17.7 Å². The Balaban J connectivity index is 2.11. The first-order valence-corrected chi connectivity index (χ1v) is 9.05. The number of imidazole rings is 1. The Morgan fingerprint density at radius 1 is 1.11 bits per heavy atom. The third kappa shape index (κ3) is 4.01. The third-order valence-electron chi connectivity index (χ3n) is 4.30. The summed E-state index contributed by atoms with van der Waals surface area (Å²) in [7, 11) is 0. The summed E-state index contributed by atoms with van der Waals surface area (Å²) in [4.78, 5) is 13.6. The van der Waals surface area contributed by atoms with Crippen molar-refractivity contribution in [3.8, 4) is 0 Å². The van der Waals surface area contributed by atoms with Crippen LogP contribution in [0, 0.1) is 0 Å². The number of anilines is 2. The zero-order valence-corrected chi connectivity index (χ0v) is 15.8. The summed E-state index contributed by atoms with van der Waals surface area (Å²) in [5, 5.41) is 22.9. The average molecular weight is 370 g/mol. The van der Waals surface area contributed by atoms with Crippen LogP contribution in [0.2, 0.25) is 0 Å². The van der Waals surface area contributed by atoms with Gasteiger partial charge in [0.2, 0.25) is 5.95 Å². The first-order valence-electron chi connectivity index (χ1n) is 9.05. The van der Waals surface area contributed by atoms with E-state index in [2.05, 4.69) is 20.3 Å². The zero-order chi connectivity index (χ0) is 19.6. The van der Waals surface area contributed by atoms with Crippen LogP contribution >= 0.6 is 0 Å². The van der Waals surface area contributed by atoms with Crippen LogP contribution in [0.25, 0.3) is 11.2 Å². The first kappa shape index (κ1) is 19.1. The van der Waals surface area contributed by atoms with Gasteiger partial charge in [-0.1, -0.05) is 30.3 Å². The van der Waals surface area contributed by atoms with Gasteiger partial charge < -0.3 is 21.3 Å². The highest BCUT2D eigenvalue weighted by Crippen LogP contribution is 2.28. The molecular formula is C19H26N6O2. The quantitative estimate of drug-likeness (QED) is 0.502. The van der Waals surface area contributed by atoms with Gasteiger partial charge in [-0.15, -0.1) is 0 Å². The average Bonchev–Trinajstić information content (AvgIpc) is 2.96. The third-order valence-corrected chi connectivity index (χ3v) is 4.30. The Bertz CT molecular complexity index is 907. The van der Waals surface area contributed by atoms with Crippen LogP contribution in [0.1, 0.15) is 44.2 Å². The normalized spacial score (nSPS) is 13.9. The highest BCUT2D eigenvalue weighted by atomic mass is 16.3. The fourth-order valence-electron chi connectivity index (χ4n) is 3.09. The van der Waals surface area contributed by atoms with E-state index in [0.29, 0.717) is 35.2 Å². The lowest BCUT2D eigenvalue weighted by molar-refractivity contribution is 0.193. The number of aliphatic hydroxyl groups excluding tert-OH is 2. The highest BCUT2D eigenvalue weighted by molar-refractivity contribution is 5.85. The van der Waals surface area contributed by atoms with Crippen molar-refractivity contribution in [1.29, 1.82) is 0 Å². The SMILES string of the molecule is CC(C)n1c(N)nc2c(N[C@H](CO)c3ccccc3)nc(C[C@H](C)O)nc21. The molecule has 0 spiro atoms. The molecule has 0 amide bonds. The second kappa shape index (κ2) is 7.89. The lowest BCUT2D eigenvalue weighted by atomic mass is 10.1. The number of fused-ring (bicyclic) bond motifs is 1. The number of aliphatic hydroxyl groups is 2. The maximum Gasteiger partial charge on any atom is 0.202 e. The van der Waals surface area contributed by atoms with Crippen LogP contribution in [-0.2, 0) is 6.42 Å². The number of nitrogens with zero attached hydrogens (tertiary/aromatic N) is 4. The highest BCUT2D eigenvalue weighted by Gasteiger charge is 2.21. The van der Waals surface area contributed by atoms with Gasteiger partial charge in [0.15, 0.2) is 17.0 Å². The second-order valence-corrected chi connectivity index (χ2v) is 6.94. The fraction of sp³-hybridized carbons (Fsp3) is 0.421. The van der Waals surface area contributed by atoms with E-state index in [1.807, 2.05) is 48.7 Å². The van der Waals surface area contributed by atoms with E-state index in [1.54, 1.807) is 6.92 Å². The maximum absolute atomic E-state index is 9.88. The van der Waals surface area contributed by atoms with E-state index in [9.17, 15) is 10.2 Å². The number of rotatable bonds is 7. The zero-order valence-electron chi connectivity index (χ0n) is 15.8. The Hall–Kier alpha value is -2.71. The summed E-state index contributed by atoms with van der Waals surface area (Å²) in [5.74, 6) is 1.34. The van der Waals surface area contributed by atoms with E-state index in [4.69, 9.17) is 5.73 Å². The molecule has 5 N–H and O–H groups in total. The summed E-state index contributed by atoms with van der Waals surface area (Å²) in [6.45, 7) is 5.58. The van der Waals surface area contributed by atoms with Crippen molar-refractivity contribution < 1.29 is 10.2 Å². The van der Waals surface area contributed by atoms with Crippen molar-refractivity contribution >= 4 is 22.9 Å². The summed E-state index contributed by atoms with van der Waals surface area (Å²) in [5.41, 5.74) is 8.19. The molecule has 2 atom stereocenters. The Morgan fingerprint density at radius 3 is 2.41 bits per heavy atom. The molecule has 0 fully saturated rings. The van der Waals surface area contributed by atoms with E-state index in [-0.39, 0.29) is 18.7 Å². The van der Waals surface area contributed by atoms with Gasteiger partial charge in [0.25, 0.3) is 0 Å². The molecule has 0 saturated heterocycles. The van der Waals surface area contributed by atoms with Gasteiger partial charge in [-0.3, -0.25) is 4.57 Å². The van der Waals surface area contributed by atoms with E-state index >= 15 is 0 Å². The number of aromatic nitrogens is 4. The molecule has 0 radical (unpaired) electrons. The molecule has 3 aromatic rings. The van der Waals surface area contributed by atoms with Crippen molar-refractivity contribution in [2.45, 2.75) is 45.4 Å². The van der Waals surface area contributed by atoms with Gasteiger partial charge in [0.05, 0.1) is 18.8 Å². The molecule has 144 valence electrons. The van der Waals surface area contributed by atoms with Gasteiger partial charge >= 0.3 is 0 Å². The Labute approximate surface area is 158 Å². The molecule has 0 unspecified atom stereocenters. The number of nitrogens with two attached hydrogens (primary N) is 1. The monoisotopic (exact) mass is 370 g/mol. The van der Waals surface area contributed by atoms with Gasteiger partial charge in [-0.25, -0.2) is 15.0 Å². The van der Waals surface area contributed by atoms with E-state index in [1.165, 1.54) is 0 Å². The number of hydrogen-bond acceptors (Lipinski definition) is 7. The minimum atomic E-state index is -0.578. The lowest BCUT2D eigenvalue weighted by Crippen LogP contribution is -2.18. The van der Waals surface area contributed by atoms with Crippen molar-refractivity contribution in [2.24, 2.45) is 0 Å². The van der Waals surface area contributed by atoms with Crippen molar-refractivity contribution in [1.82, 2.24) is 19.5 Å². The summed E-state index contributed by atoms with van der Waals surface area (Å²) in [6, 6.07) is 9.34. The van der Waals surface area contributed by atoms with Crippen LogP contribution in [0.3, 0.4) is 0 Å². The number of nitrogen functional groups attached to an aromatic ring is 1. The molecule has 3 rings (SSSR count). The number of benzene rings is 1. The van der Waals surface area contributed by atoms with E-state index in [0.717, 1.165) is 5.56 Å². The number of hydrogen-bond donors (Lipinski definition) is 4. The molecule has 1 aromatic carbocycles. The Morgan fingerprint density at radius 2 is 1.81 bits per heavy atom. The predicted molar refractivity (Wildman–Crippen MR) is 105 cm³/mol. The van der Waals surface area contributed by atoms with Gasteiger partial charge in [-0.05, 0) is 26.3 Å². The molecule has 8 nitrogen and oxygen atoms in total. The molecule has 0 bridgehead atoms. The molecule has 0 aliphatic rings. The van der Waals surface area contributed by atoms with Crippen LogP contribution in [0.15, 0.2) is 30.3 Å². The molecule has 0 aliphatic carbocycles.